The van der Waals surface area contributed by atoms with Crippen molar-refractivity contribution in [2.75, 3.05) is 5.32 Å². The third-order valence-electron chi connectivity index (χ3n) is 3.10. The molecule has 0 saturated carbocycles. The fourth-order valence-corrected chi connectivity index (χ4v) is 1.88. The number of carbonyl (C=O) groups is 1. The summed E-state index contributed by atoms with van der Waals surface area (Å²) in [5, 5.41) is 6.16. The maximum Gasteiger partial charge on any atom is 0.435 e. The molecule has 5 nitrogen and oxygen atoms in total. The lowest BCUT2D eigenvalue weighted by Crippen LogP contribution is -2.25. The Morgan fingerprint density at radius 2 is 2.18 bits per heavy atom. The van der Waals surface area contributed by atoms with Crippen LogP contribution in [0.3, 0.4) is 0 Å². The number of halogens is 3. The summed E-state index contributed by atoms with van der Waals surface area (Å²) in [6.45, 7) is 3.21. The minimum Gasteiger partial charge on any atom is -0.324 e. The van der Waals surface area contributed by atoms with Gasteiger partial charge in [0.25, 0.3) is 0 Å². The summed E-state index contributed by atoms with van der Waals surface area (Å²) in [5.74, 6) is -0.851. The van der Waals surface area contributed by atoms with E-state index in [2.05, 4.69) is 15.4 Å². The van der Waals surface area contributed by atoms with Crippen molar-refractivity contribution in [2.24, 2.45) is 5.92 Å². The minimum atomic E-state index is -4.49. The number of amides is 1. The molecule has 2 heterocycles. The van der Waals surface area contributed by atoms with Crippen LogP contribution in [-0.4, -0.2) is 20.7 Å². The van der Waals surface area contributed by atoms with E-state index in [1.54, 1.807) is 25.3 Å². The Morgan fingerprint density at radius 1 is 1.45 bits per heavy atom. The zero-order valence-corrected chi connectivity index (χ0v) is 12.1. The second-order valence-corrected chi connectivity index (χ2v) is 4.98. The molecule has 0 spiro atoms. The summed E-state index contributed by atoms with van der Waals surface area (Å²) in [6.07, 6.45) is -1.42. The van der Waals surface area contributed by atoms with Crippen molar-refractivity contribution in [1.29, 1.82) is 0 Å². The van der Waals surface area contributed by atoms with Crippen molar-refractivity contribution in [1.82, 2.24) is 14.8 Å². The van der Waals surface area contributed by atoms with E-state index in [9.17, 15) is 18.0 Å². The van der Waals surface area contributed by atoms with E-state index in [1.807, 2.05) is 0 Å². The minimum absolute atomic E-state index is 0.0635. The maximum atomic E-state index is 12.6. The molecular weight excluding hydrogens is 297 g/mol. The predicted molar refractivity (Wildman–Crippen MR) is 74.0 cm³/mol. The molecular formula is C14H15F3N4O. The number of hydrogen-bond acceptors (Lipinski definition) is 3. The molecule has 118 valence electrons. The van der Waals surface area contributed by atoms with Gasteiger partial charge < -0.3 is 5.32 Å². The number of hydrogen-bond donors (Lipinski definition) is 1. The molecule has 2 rings (SSSR count). The zero-order chi connectivity index (χ0) is 16.3. The average Bonchev–Trinajstić information content (AvgIpc) is 2.81. The van der Waals surface area contributed by atoms with Gasteiger partial charge in [0.05, 0.1) is 24.3 Å². The highest BCUT2D eigenvalue weighted by atomic mass is 19.4. The van der Waals surface area contributed by atoms with Crippen molar-refractivity contribution >= 4 is 11.6 Å². The van der Waals surface area contributed by atoms with Crippen LogP contribution in [0.2, 0.25) is 0 Å². The number of pyridine rings is 1. The third-order valence-corrected chi connectivity index (χ3v) is 3.10. The molecule has 0 fully saturated rings. The number of aryl methyl sites for hydroxylation is 1. The molecule has 0 aliphatic heterocycles. The molecule has 0 bridgehead atoms. The summed E-state index contributed by atoms with van der Waals surface area (Å²) in [7, 11) is 0. The first-order valence-electron chi connectivity index (χ1n) is 6.60. The van der Waals surface area contributed by atoms with E-state index in [1.165, 1.54) is 17.8 Å². The molecule has 0 radical (unpaired) electrons. The van der Waals surface area contributed by atoms with Gasteiger partial charge >= 0.3 is 6.18 Å². The first-order chi connectivity index (χ1) is 10.3. The van der Waals surface area contributed by atoms with Crippen molar-refractivity contribution in [3.63, 3.8) is 0 Å². The van der Waals surface area contributed by atoms with Gasteiger partial charge in [-0.2, -0.15) is 18.3 Å². The molecule has 8 heteroatoms. The van der Waals surface area contributed by atoms with Gasteiger partial charge in [0.2, 0.25) is 5.91 Å². The smallest absolute Gasteiger partial charge is 0.324 e. The Morgan fingerprint density at radius 3 is 2.73 bits per heavy atom. The van der Waals surface area contributed by atoms with E-state index < -0.39 is 17.8 Å². The number of alkyl halides is 3. The average molecular weight is 312 g/mol. The van der Waals surface area contributed by atoms with Crippen molar-refractivity contribution in [3.8, 4) is 0 Å². The second kappa shape index (κ2) is 6.17. The van der Waals surface area contributed by atoms with Crippen LogP contribution >= 0.6 is 0 Å². The maximum absolute atomic E-state index is 12.6. The van der Waals surface area contributed by atoms with E-state index in [4.69, 9.17) is 0 Å². The Kier molecular flexibility index (Phi) is 4.48. The normalized spacial score (nSPS) is 13.0. The molecule has 22 heavy (non-hydrogen) atoms. The van der Waals surface area contributed by atoms with Gasteiger partial charge in [-0.1, -0.05) is 6.92 Å². The topological polar surface area (TPSA) is 59.8 Å². The van der Waals surface area contributed by atoms with E-state index in [0.29, 0.717) is 11.4 Å². The Hall–Kier alpha value is -2.38. The van der Waals surface area contributed by atoms with Gasteiger partial charge in [0.15, 0.2) is 5.69 Å². The first-order valence-corrected chi connectivity index (χ1v) is 6.60. The van der Waals surface area contributed by atoms with Gasteiger partial charge in [0.1, 0.15) is 0 Å². The molecule has 0 unspecified atom stereocenters. The van der Waals surface area contributed by atoms with Crippen LogP contribution in [0.4, 0.5) is 18.9 Å². The van der Waals surface area contributed by atoms with Crippen LogP contribution in [0.15, 0.2) is 30.6 Å². The Labute approximate surface area is 125 Å². The predicted octanol–water partition coefficient (Wildman–Crippen LogP) is 2.88. The van der Waals surface area contributed by atoms with Gasteiger partial charge in [-0.15, -0.1) is 0 Å². The number of aromatic nitrogens is 3. The van der Waals surface area contributed by atoms with E-state index in [0.717, 1.165) is 6.07 Å². The van der Waals surface area contributed by atoms with Crippen molar-refractivity contribution in [2.45, 2.75) is 26.6 Å². The zero-order valence-electron chi connectivity index (χ0n) is 12.1. The molecule has 1 atom stereocenters. The van der Waals surface area contributed by atoms with Gasteiger partial charge in [0, 0.05) is 11.9 Å². The van der Waals surface area contributed by atoms with Crippen molar-refractivity contribution < 1.29 is 18.0 Å². The van der Waals surface area contributed by atoms with E-state index >= 15 is 0 Å². The van der Waals surface area contributed by atoms with Gasteiger partial charge in [-0.3, -0.25) is 14.5 Å². The molecule has 0 saturated heterocycles. The van der Waals surface area contributed by atoms with Gasteiger partial charge in [-0.25, -0.2) is 0 Å². The molecule has 0 aliphatic rings. The van der Waals surface area contributed by atoms with E-state index in [-0.39, 0.29) is 12.5 Å². The molecule has 0 aromatic carbocycles. The highest BCUT2D eigenvalue weighted by Gasteiger charge is 2.34. The second-order valence-electron chi connectivity index (χ2n) is 4.98. The third kappa shape index (κ3) is 3.84. The summed E-state index contributed by atoms with van der Waals surface area (Å²) in [5.41, 5.74) is -0.0641. The fraction of sp³-hybridized carbons (Fsp3) is 0.357. The largest absolute Gasteiger partial charge is 0.435 e. The molecule has 0 aliphatic carbocycles. The standard InChI is InChI=1S/C14H15F3N4O/c1-9(13(22)19-11-4-3-5-18-7-11)8-21-10(2)6-12(20-21)14(15,16)17/h3-7,9H,8H2,1-2H3,(H,19,22)/t9-/m0/s1. The van der Waals surface area contributed by atoms with Crippen LogP contribution in [0.5, 0.6) is 0 Å². The monoisotopic (exact) mass is 312 g/mol. The first kappa shape index (κ1) is 16.0. The number of rotatable bonds is 4. The van der Waals surface area contributed by atoms with Crippen LogP contribution in [0.1, 0.15) is 18.3 Å². The van der Waals surface area contributed by atoms with Crippen LogP contribution in [0, 0.1) is 12.8 Å². The summed E-state index contributed by atoms with van der Waals surface area (Å²) >= 11 is 0. The highest BCUT2D eigenvalue weighted by molar-refractivity contribution is 5.92. The highest BCUT2D eigenvalue weighted by Crippen LogP contribution is 2.28. The SMILES string of the molecule is Cc1cc(C(F)(F)F)nn1C[C@H](C)C(=O)Nc1cccnc1. The number of anilines is 1. The van der Waals surface area contributed by atoms with Crippen LogP contribution in [-0.2, 0) is 17.5 Å². The Balaban J connectivity index is 2.04. The lowest BCUT2D eigenvalue weighted by atomic mass is 10.1. The van der Waals surface area contributed by atoms with Gasteiger partial charge in [-0.05, 0) is 25.1 Å². The lowest BCUT2D eigenvalue weighted by molar-refractivity contribution is -0.141. The molecule has 2 aromatic rings. The van der Waals surface area contributed by atoms with Crippen molar-refractivity contribution in [3.05, 3.63) is 42.0 Å². The quantitative estimate of drug-likeness (QED) is 0.944. The number of nitrogens with one attached hydrogen (secondary N) is 1. The molecule has 2 aromatic heterocycles. The number of nitrogens with zero attached hydrogens (tertiary/aromatic N) is 3. The summed E-state index contributed by atoms with van der Waals surface area (Å²) in [6, 6.07) is 4.32. The fourth-order valence-electron chi connectivity index (χ4n) is 1.88. The van der Waals surface area contributed by atoms with Crippen LogP contribution < -0.4 is 5.32 Å². The van der Waals surface area contributed by atoms with Crippen LogP contribution in [0.25, 0.3) is 0 Å². The lowest BCUT2D eigenvalue weighted by Gasteiger charge is -2.13. The molecule has 1 amide bonds. The summed E-state index contributed by atoms with van der Waals surface area (Å²) in [4.78, 5) is 15.9. The number of carbonyl (C=O) groups excluding carboxylic acids is 1. The summed E-state index contributed by atoms with van der Waals surface area (Å²) < 4.78 is 39.0. The Bertz CT molecular complexity index is 652. The molecule has 1 N–H and O–H groups in total.